The summed E-state index contributed by atoms with van der Waals surface area (Å²) in [5, 5.41) is 3.50. The topological polar surface area (TPSA) is 15.3 Å². The van der Waals surface area contributed by atoms with Gasteiger partial charge in [0, 0.05) is 25.2 Å². The maximum absolute atomic E-state index is 3.50. The molecule has 1 rings (SSSR count). The predicted octanol–water partition coefficient (Wildman–Crippen LogP) is 1.71. The van der Waals surface area contributed by atoms with Crippen LogP contribution in [0.3, 0.4) is 0 Å². The fraction of sp³-hybridized carbons (Fsp3) is 1.00. The van der Waals surface area contributed by atoms with Crippen molar-refractivity contribution in [2.45, 2.75) is 46.7 Å². The highest BCUT2D eigenvalue weighted by Gasteiger charge is 2.18. The normalized spacial score (nSPS) is 30.8. The number of piperazine rings is 1. The molecule has 2 unspecified atom stereocenters. The molecule has 1 N–H and O–H groups in total. The van der Waals surface area contributed by atoms with E-state index in [-0.39, 0.29) is 0 Å². The zero-order valence-corrected chi connectivity index (χ0v) is 9.22. The quantitative estimate of drug-likeness (QED) is 0.648. The Balaban J connectivity index is 0.000000561. The van der Waals surface area contributed by atoms with Gasteiger partial charge in [-0.2, -0.15) is 0 Å². The van der Waals surface area contributed by atoms with E-state index in [4.69, 9.17) is 0 Å². The maximum atomic E-state index is 3.50. The smallest absolute Gasteiger partial charge is 0.0169 e. The van der Waals surface area contributed by atoms with Crippen LogP contribution in [0, 0.1) is 0 Å². The van der Waals surface area contributed by atoms with E-state index in [1.165, 1.54) is 19.6 Å². The molecule has 0 aromatic rings. The van der Waals surface area contributed by atoms with Crippen molar-refractivity contribution in [2.75, 3.05) is 19.6 Å². The maximum Gasteiger partial charge on any atom is 0.0169 e. The van der Waals surface area contributed by atoms with Crippen molar-refractivity contribution < 1.29 is 0 Å². The van der Waals surface area contributed by atoms with E-state index in [9.17, 15) is 0 Å². The van der Waals surface area contributed by atoms with E-state index >= 15 is 0 Å². The van der Waals surface area contributed by atoms with Crippen molar-refractivity contribution in [1.29, 1.82) is 0 Å². The highest BCUT2D eigenvalue weighted by atomic mass is 15.2. The van der Waals surface area contributed by atoms with E-state index in [2.05, 4.69) is 31.0 Å². The number of hydrogen-bond donors (Lipinski definition) is 1. The molecular weight excluding hydrogens is 148 g/mol. The molecule has 0 aromatic carbocycles. The standard InChI is InChI=1S/C8H18N2.C2H6/c1-4-10-5-7(2)9-8(3)6-10;1-2/h7-9H,4-6H2,1-3H3;1-2H3. The largest absolute Gasteiger partial charge is 0.309 e. The molecule has 2 atom stereocenters. The van der Waals surface area contributed by atoms with Crippen molar-refractivity contribution in [1.82, 2.24) is 10.2 Å². The molecule has 2 heteroatoms. The zero-order valence-electron chi connectivity index (χ0n) is 9.22. The van der Waals surface area contributed by atoms with Gasteiger partial charge in [0.05, 0.1) is 0 Å². The van der Waals surface area contributed by atoms with Crippen LogP contribution in [0.25, 0.3) is 0 Å². The van der Waals surface area contributed by atoms with Crippen LogP contribution in [-0.4, -0.2) is 36.6 Å². The van der Waals surface area contributed by atoms with Crippen LogP contribution in [0.15, 0.2) is 0 Å². The lowest BCUT2D eigenvalue weighted by molar-refractivity contribution is 0.181. The summed E-state index contributed by atoms with van der Waals surface area (Å²) < 4.78 is 0. The van der Waals surface area contributed by atoms with Gasteiger partial charge in [0.15, 0.2) is 0 Å². The molecule has 1 fully saturated rings. The number of nitrogens with one attached hydrogen (secondary N) is 1. The first-order valence-corrected chi connectivity index (χ1v) is 5.20. The molecule has 12 heavy (non-hydrogen) atoms. The van der Waals surface area contributed by atoms with Crippen molar-refractivity contribution in [3.63, 3.8) is 0 Å². The number of nitrogens with zero attached hydrogens (tertiary/aromatic N) is 1. The third kappa shape index (κ3) is 4.07. The van der Waals surface area contributed by atoms with Crippen LogP contribution in [0.5, 0.6) is 0 Å². The third-order valence-electron chi connectivity index (χ3n) is 2.08. The summed E-state index contributed by atoms with van der Waals surface area (Å²) in [7, 11) is 0. The Morgan fingerprint density at radius 2 is 1.58 bits per heavy atom. The van der Waals surface area contributed by atoms with E-state index in [1.54, 1.807) is 0 Å². The summed E-state index contributed by atoms with van der Waals surface area (Å²) in [5.41, 5.74) is 0. The number of likely N-dealkylation sites (N-methyl/N-ethyl adjacent to an activating group) is 1. The highest BCUT2D eigenvalue weighted by Crippen LogP contribution is 2.02. The summed E-state index contributed by atoms with van der Waals surface area (Å²) in [6, 6.07) is 1.34. The summed E-state index contributed by atoms with van der Waals surface area (Å²) in [6.07, 6.45) is 0. The first-order valence-electron chi connectivity index (χ1n) is 5.20. The van der Waals surface area contributed by atoms with Crippen LogP contribution in [-0.2, 0) is 0 Å². The minimum absolute atomic E-state index is 0.670. The average molecular weight is 172 g/mol. The van der Waals surface area contributed by atoms with Gasteiger partial charge < -0.3 is 10.2 Å². The Morgan fingerprint density at radius 1 is 1.17 bits per heavy atom. The molecule has 0 aliphatic carbocycles. The Labute approximate surface area is 77.3 Å². The molecule has 1 aliphatic heterocycles. The fourth-order valence-electron chi connectivity index (χ4n) is 1.70. The second kappa shape index (κ2) is 6.44. The second-order valence-corrected chi connectivity index (χ2v) is 3.32. The van der Waals surface area contributed by atoms with Gasteiger partial charge in [-0.3, -0.25) is 0 Å². The first-order chi connectivity index (χ1) is 5.72. The number of hydrogen-bond acceptors (Lipinski definition) is 2. The fourth-order valence-corrected chi connectivity index (χ4v) is 1.70. The van der Waals surface area contributed by atoms with Crippen molar-refractivity contribution >= 4 is 0 Å². The van der Waals surface area contributed by atoms with Gasteiger partial charge in [0.1, 0.15) is 0 Å². The highest BCUT2D eigenvalue weighted by molar-refractivity contribution is 4.79. The SMILES string of the molecule is CC.CCN1CC(C)NC(C)C1. The number of rotatable bonds is 1. The Bertz CT molecular complexity index is 94.0. The molecule has 0 aromatic heterocycles. The second-order valence-electron chi connectivity index (χ2n) is 3.32. The Kier molecular flexibility index (Phi) is 6.39. The molecule has 1 aliphatic rings. The lowest BCUT2D eigenvalue weighted by Crippen LogP contribution is -2.53. The molecule has 1 saturated heterocycles. The molecule has 0 bridgehead atoms. The molecule has 74 valence electrons. The minimum atomic E-state index is 0.670. The summed E-state index contributed by atoms with van der Waals surface area (Å²) >= 11 is 0. The monoisotopic (exact) mass is 172 g/mol. The third-order valence-corrected chi connectivity index (χ3v) is 2.08. The summed E-state index contributed by atoms with van der Waals surface area (Å²) in [5.74, 6) is 0. The summed E-state index contributed by atoms with van der Waals surface area (Å²) in [4.78, 5) is 2.49. The van der Waals surface area contributed by atoms with Gasteiger partial charge >= 0.3 is 0 Å². The van der Waals surface area contributed by atoms with Crippen LogP contribution in [0.4, 0.5) is 0 Å². The molecule has 1 heterocycles. The predicted molar refractivity (Wildman–Crippen MR) is 55.5 cm³/mol. The van der Waals surface area contributed by atoms with Gasteiger partial charge in [-0.05, 0) is 20.4 Å². The van der Waals surface area contributed by atoms with Crippen molar-refractivity contribution in [3.05, 3.63) is 0 Å². The van der Waals surface area contributed by atoms with E-state index in [0.29, 0.717) is 12.1 Å². The molecule has 0 amide bonds. The van der Waals surface area contributed by atoms with Crippen LogP contribution in [0.2, 0.25) is 0 Å². The van der Waals surface area contributed by atoms with Gasteiger partial charge in [-0.1, -0.05) is 20.8 Å². The van der Waals surface area contributed by atoms with E-state index in [0.717, 1.165) is 0 Å². The van der Waals surface area contributed by atoms with Gasteiger partial charge in [0.25, 0.3) is 0 Å². The Morgan fingerprint density at radius 3 is 1.92 bits per heavy atom. The molecule has 2 nitrogen and oxygen atoms in total. The first kappa shape index (κ1) is 11.9. The Hall–Kier alpha value is -0.0800. The molecule has 0 saturated carbocycles. The van der Waals surface area contributed by atoms with Crippen molar-refractivity contribution in [3.8, 4) is 0 Å². The van der Waals surface area contributed by atoms with Gasteiger partial charge in [-0.25, -0.2) is 0 Å². The molecular formula is C10H24N2. The summed E-state index contributed by atoms with van der Waals surface area (Å²) in [6.45, 7) is 14.3. The average Bonchev–Trinajstić information content (AvgIpc) is 2.06. The van der Waals surface area contributed by atoms with Gasteiger partial charge in [0.2, 0.25) is 0 Å². The minimum Gasteiger partial charge on any atom is -0.309 e. The lowest BCUT2D eigenvalue weighted by Gasteiger charge is -2.35. The van der Waals surface area contributed by atoms with Crippen LogP contribution < -0.4 is 5.32 Å². The van der Waals surface area contributed by atoms with Crippen LogP contribution in [0.1, 0.15) is 34.6 Å². The van der Waals surface area contributed by atoms with Crippen LogP contribution >= 0.6 is 0 Å². The van der Waals surface area contributed by atoms with E-state index in [1.807, 2.05) is 13.8 Å². The van der Waals surface area contributed by atoms with Gasteiger partial charge in [-0.15, -0.1) is 0 Å². The van der Waals surface area contributed by atoms with E-state index < -0.39 is 0 Å². The molecule has 0 radical (unpaired) electrons. The zero-order chi connectivity index (χ0) is 9.56. The molecule has 0 spiro atoms. The lowest BCUT2D eigenvalue weighted by atomic mass is 10.1. The van der Waals surface area contributed by atoms with Crippen molar-refractivity contribution in [2.24, 2.45) is 0 Å².